The molecule has 1 aliphatic carbocycles. The number of allylic oxidation sites excluding steroid dienone is 2. The Labute approximate surface area is 183 Å². The van der Waals surface area contributed by atoms with E-state index in [4.69, 9.17) is 11.6 Å². The van der Waals surface area contributed by atoms with Gasteiger partial charge in [-0.2, -0.15) is 0 Å². The van der Waals surface area contributed by atoms with Gasteiger partial charge in [0.25, 0.3) is 0 Å². The van der Waals surface area contributed by atoms with Gasteiger partial charge in [0.15, 0.2) is 0 Å². The van der Waals surface area contributed by atoms with E-state index in [0.717, 1.165) is 4.90 Å². The molecule has 0 heterocycles. The van der Waals surface area contributed by atoms with Gasteiger partial charge in [-0.1, -0.05) is 23.8 Å². The topological polar surface area (TPSA) is 95.5 Å². The first kappa shape index (κ1) is 21.9. The molecule has 2 unspecified atom stereocenters. The molecule has 6 nitrogen and oxygen atoms in total. The van der Waals surface area contributed by atoms with Gasteiger partial charge in [0, 0.05) is 21.3 Å². The van der Waals surface area contributed by atoms with Crippen LogP contribution in [0.15, 0.2) is 65.6 Å². The van der Waals surface area contributed by atoms with Crippen LogP contribution in [0.5, 0.6) is 0 Å². The van der Waals surface area contributed by atoms with Crippen molar-refractivity contribution in [1.29, 1.82) is 0 Å². The van der Waals surface area contributed by atoms with E-state index in [9.17, 15) is 19.5 Å². The number of hydrogen-bond donors (Lipinski definition) is 3. The number of carboxylic acids is 1. The average Bonchev–Trinajstić information content (AvgIpc) is 2.75. The number of anilines is 2. The van der Waals surface area contributed by atoms with Crippen molar-refractivity contribution < 1.29 is 19.5 Å². The van der Waals surface area contributed by atoms with E-state index in [1.807, 2.05) is 18.2 Å². The molecule has 0 saturated heterocycles. The fraction of sp³-hybridized carbons (Fsp3) is 0.227. The van der Waals surface area contributed by atoms with Crippen LogP contribution in [0.4, 0.5) is 11.4 Å². The van der Waals surface area contributed by atoms with E-state index in [0.29, 0.717) is 29.2 Å². The molecule has 8 heteroatoms. The molecule has 0 aliphatic heterocycles. The fourth-order valence-corrected chi connectivity index (χ4v) is 3.95. The second-order valence-corrected chi connectivity index (χ2v) is 8.34. The first-order valence-corrected chi connectivity index (χ1v) is 10.8. The number of halogens is 1. The standard InChI is InChI=1S/C22H21ClN2O4S/c23-14-5-7-15(8-6-14)24-20(26)13-30-17-11-9-16(10-12-17)25-21(27)18-3-1-2-4-19(18)22(28)29/h1-2,5-12,18-19H,3-4,13H2,(H,24,26)(H,25,27)(H,28,29). The number of rotatable bonds is 7. The second-order valence-electron chi connectivity index (χ2n) is 6.85. The lowest BCUT2D eigenvalue weighted by Crippen LogP contribution is -2.34. The Bertz CT molecular complexity index is 945. The minimum atomic E-state index is -0.955. The molecule has 2 amide bonds. The Kier molecular flexibility index (Phi) is 7.54. The fourth-order valence-electron chi connectivity index (χ4n) is 3.13. The maximum absolute atomic E-state index is 12.5. The summed E-state index contributed by atoms with van der Waals surface area (Å²) in [6, 6.07) is 14.0. The highest BCUT2D eigenvalue weighted by Gasteiger charge is 2.33. The van der Waals surface area contributed by atoms with Crippen molar-refractivity contribution in [2.45, 2.75) is 17.7 Å². The summed E-state index contributed by atoms with van der Waals surface area (Å²) in [5, 5.41) is 15.5. The van der Waals surface area contributed by atoms with Gasteiger partial charge in [-0.05, 0) is 61.4 Å². The Balaban J connectivity index is 1.50. The SMILES string of the molecule is O=C(CSc1ccc(NC(=O)C2CC=CCC2C(=O)O)cc1)Nc1ccc(Cl)cc1. The quantitative estimate of drug-likeness (QED) is 0.426. The summed E-state index contributed by atoms with van der Waals surface area (Å²) < 4.78 is 0. The van der Waals surface area contributed by atoms with E-state index in [1.54, 1.807) is 42.5 Å². The Morgan fingerprint density at radius 1 is 0.900 bits per heavy atom. The van der Waals surface area contributed by atoms with Crippen molar-refractivity contribution in [3.05, 3.63) is 65.7 Å². The van der Waals surface area contributed by atoms with E-state index < -0.39 is 17.8 Å². The van der Waals surface area contributed by atoms with E-state index >= 15 is 0 Å². The molecule has 0 radical (unpaired) electrons. The Morgan fingerprint density at radius 3 is 2.10 bits per heavy atom. The molecule has 0 spiro atoms. The smallest absolute Gasteiger partial charge is 0.307 e. The molecule has 156 valence electrons. The van der Waals surface area contributed by atoms with Crippen molar-refractivity contribution in [2.24, 2.45) is 11.8 Å². The zero-order valence-corrected chi connectivity index (χ0v) is 17.6. The first-order chi connectivity index (χ1) is 14.4. The van der Waals surface area contributed by atoms with Crippen LogP contribution in [0.2, 0.25) is 5.02 Å². The predicted molar refractivity (Wildman–Crippen MR) is 119 cm³/mol. The monoisotopic (exact) mass is 444 g/mol. The van der Waals surface area contributed by atoms with Crippen LogP contribution in [0.3, 0.4) is 0 Å². The van der Waals surface area contributed by atoms with Crippen molar-refractivity contribution in [3.63, 3.8) is 0 Å². The zero-order valence-electron chi connectivity index (χ0n) is 16.0. The molecule has 3 N–H and O–H groups in total. The number of carboxylic acid groups (broad SMARTS) is 1. The van der Waals surface area contributed by atoms with E-state index in [-0.39, 0.29) is 17.6 Å². The average molecular weight is 445 g/mol. The number of aliphatic carboxylic acids is 1. The van der Waals surface area contributed by atoms with Gasteiger partial charge in [-0.25, -0.2) is 0 Å². The number of benzene rings is 2. The van der Waals surface area contributed by atoms with Gasteiger partial charge in [0.1, 0.15) is 0 Å². The lowest BCUT2D eigenvalue weighted by molar-refractivity contribution is -0.146. The van der Waals surface area contributed by atoms with Gasteiger partial charge in [0.05, 0.1) is 17.6 Å². The lowest BCUT2D eigenvalue weighted by atomic mass is 9.82. The Morgan fingerprint density at radius 2 is 1.47 bits per heavy atom. The van der Waals surface area contributed by atoms with Gasteiger partial charge in [0.2, 0.25) is 11.8 Å². The highest BCUT2D eigenvalue weighted by atomic mass is 35.5. The molecule has 0 fully saturated rings. The van der Waals surface area contributed by atoms with Gasteiger partial charge in [-0.15, -0.1) is 11.8 Å². The maximum Gasteiger partial charge on any atom is 0.307 e. The molecular formula is C22H21ClN2O4S. The summed E-state index contributed by atoms with van der Waals surface area (Å²) in [6.07, 6.45) is 4.43. The van der Waals surface area contributed by atoms with Crippen molar-refractivity contribution in [3.8, 4) is 0 Å². The number of carbonyl (C=O) groups is 3. The molecule has 0 saturated carbocycles. The van der Waals surface area contributed by atoms with Crippen LogP contribution >= 0.6 is 23.4 Å². The summed E-state index contributed by atoms with van der Waals surface area (Å²) >= 11 is 7.20. The number of amides is 2. The largest absolute Gasteiger partial charge is 0.481 e. The number of thioether (sulfide) groups is 1. The van der Waals surface area contributed by atoms with Gasteiger partial charge >= 0.3 is 5.97 Å². The summed E-state index contributed by atoms with van der Waals surface area (Å²) in [4.78, 5) is 36.8. The predicted octanol–water partition coefficient (Wildman–Crippen LogP) is 4.68. The number of carbonyl (C=O) groups excluding carboxylic acids is 2. The Hall–Kier alpha value is -2.77. The van der Waals surface area contributed by atoms with Gasteiger partial charge in [-0.3, -0.25) is 14.4 Å². The number of nitrogens with one attached hydrogen (secondary N) is 2. The minimum Gasteiger partial charge on any atom is -0.481 e. The van der Waals surface area contributed by atoms with Crippen LogP contribution in [0, 0.1) is 11.8 Å². The third-order valence-electron chi connectivity index (χ3n) is 4.71. The van der Waals surface area contributed by atoms with Crippen molar-refractivity contribution in [1.82, 2.24) is 0 Å². The van der Waals surface area contributed by atoms with Crippen LogP contribution in [-0.4, -0.2) is 28.6 Å². The lowest BCUT2D eigenvalue weighted by Gasteiger charge is -2.24. The highest BCUT2D eigenvalue weighted by Crippen LogP contribution is 2.28. The van der Waals surface area contributed by atoms with Crippen LogP contribution in [-0.2, 0) is 14.4 Å². The molecule has 2 aromatic carbocycles. The molecular weight excluding hydrogens is 424 g/mol. The summed E-state index contributed by atoms with van der Waals surface area (Å²) in [7, 11) is 0. The zero-order chi connectivity index (χ0) is 21.5. The molecule has 30 heavy (non-hydrogen) atoms. The highest BCUT2D eigenvalue weighted by molar-refractivity contribution is 8.00. The van der Waals surface area contributed by atoms with Crippen molar-refractivity contribution in [2.75, 3.05) is 16.4 Å². The minimum absolute atomic E-state index is 0.134. The normalized spacial score (nSPS) is 17.9. The van der Waals surface area contributed by atoms with Crippen molar-refractivity contribution >= 4 is 52.5 Å². The van der Waals surface area contributed by atoms with E-state index in [1.165, 1.54) is 11.8 Å². The first-order valence-electron chi connectivity index (χ1n) is 9.39. The van der Waals surface area contributed by atoms with Crippen LogP contribution < -0.4 is 10.6 Å². The summed E-state index contributed by atoms with van der Waals surface area (Å²) in [5.41, 5.74) is 1.27. The third-order valence-corrected chi connectivity index (χ3v) is 5.97. The van der Waals surface area contributed by atoms with Crippen LogP contribution in [0.25, 0.3) is 0 Å². The maximum atomic E-state index is 12.5. The van der Waals surface area contributed by atoms with Gasteiger partial charge < -0.3 is 15.7 Å². The molecule has 2 aromatic rings. The molecule has 3 rings (SSSR count). The third kappa shape index (κ3) is 6.11. The molecule has 2 atom stereocenters. The van der Waals surface area contributed by atoms with Crippen LogP contribution in [0.1, 0.15) is 12.8 Å². The second kappa shape index (κ2) is 10.3. The summed E-state index contributed by atoms with van der Waals surface area (Å²) in [5.74, 6) is -2.44. The summed E-state index contributed by atoms with van der Waals surface area (Å²) in [6.45, 7) is 0. The molecule has 0 aromatic heterocycles. The molecule has 0 bridgehead atoms. The number of hydrogen-bond acceptors (Lipinski definition) is 4. The van der Waals surface area contributed by atoms with E-state index in [2.05, 4.69) is 10.6 Å². The molecule has 1 aliphatic rings.